The van der Waals surface area contributed by atoms with E-state index in [-0.39, 0.29) is 48.3 Å². The molecule has 0 spiro atoms. The molecule has 152 valence electrons. The Balaban J connectivity index is 0.00000364. The average molecular weight is 494 g/mol. The van der Waals surface area contributed by atoms with Gasteiger partial charge in [-0.2, -0.15) is 0 Å². The molecule has 0 radical (unpaired) electrons. The number of hydrogen-bond donors (Lipinski definition) is 3. The van der Waals surface area contributed by atoms with E-state index < -0.39 is 0 Å². The molecule has 1 fully saturated rings. The summed E-state index contributed by atoms with van der Waals surface area (Å²) in [5.74, 6) is -0.0339. The first-order chi connectivity index (χ1) is 12.7. The smallest absolute Gasteiger partial charge is 0.246 e. The molecular weight excluding hydrogens is 466 g/mol. The van der Waals surface area contributed by atoms with Crippen LogP contribution < -0.4 is 16.0 Å². The third kappa shape index (κ3) is 9.87. The number of guanidine groups is 1. The third-order valence-corrected chi connectivity index (χ3v) is 3.71. The molecular formula is C18H28FIN4O3. The lowest BCUT2D eigenvalue weighted by molar-refractivity contribution is -0.114. The predicted molar refractivity (Wildman–Crippen MR) is 114 cm³/mol. The summed E-state index contributed by atoms with van der Waals surface area (Å²) in [6, 6.07) is 5.61. The second-order valence-electron chi connectivity index (χ2n) is 5.89. The molecule has 1 heterocycles. The van der Waals surface area contributed by atoms with Crippen molar-refractivity contribution in [2.75, 3.05) is 44.8 Å². The lowest BCUT2D eigenvalue weighted by Gasteiger charge is -2.13. The third-order valence-electron chi connectivity index (χ3n) is 3.71. The SMILES string of the molecule is CCNC(=NCC(=O)Nc1ccc(F)cc1)NCCCOC1CCOC1.I. The molecule has 1 aliphatic heterocycles. The van der Waals surface area contributed by atoms with Gasteiger partial charge < -0.3 is 25.4 Å². The van der Waals surface area contributed by atoms with Crippen molar-refractivity contribution in [3.05, 3.63) is 30.1 Å². The number of aliphatic imine (C=N–C) groups is 1. The molecule has 1 aromatic rings. The van der Waals surface area contributed by atoms with Gasteiger partial charge >= 0.3 is 0 Å². The zero-order valence-electron chi connectivity index (χ0n) is 15.5. The van der Waals surface area contributed by atoms with E-state index in [0.717, 1.165) is 19.4 Å². The summed E-state index contributed by atoms with van der Waals surface area (Å²) in [6.45, 7) is 5.44. The zero-order chi connectivity index (χ0) is 18.6. The number of benzene rings is 1. The van der Waals surface area contributed by atoms with Crippen molar-refractivity contribution in [1.29, 1.82) is 0 Å². The van der Waals surface area contributed by atoms with Crippen LogP contribution in [0.2, 0.25) is 0 Å². The number of carbonyl (C=O) groups excluding carboxylic acids is 1. The van der Waals surface area contributed by atoms with Crippen molar-refractivity contribution in [2.45, 2.75) is 25.9 Å². The Morgan fingerprint density at radius 3 is 2.78 bits per heavy atom. The highest BCUT2D eigenvalue weighted by Crippen LogP contribution is 2.08. The molecule has 3 N–H and O–H groups in total. The second-order valence-corrected chi connectivity index (χ2v) is 5.89. The Kier molecular flexibility index (Phi) is 11.9. The molecule has 0 aromatic heterocycles. The number of amides is 1. The minimum atomic E-state index is -0.343. The topological polar surface area (TPSA) is 84.0 Å². The Bertz CT molecular complexity index is 580. The number of nitrogens with one attached hydrogen (secondary N) is 3. The first kappa shape index (κ1) is 23.6. The number of rotatable bonds is 9. The van der Waals surface area contributed by atoms with Crippen molar-refractivity contribution < 1.29 is 18.7 Å². The maximum Gasteiger partial charge on any atom is 0.246 e. The number of nitrogens with zero attached hydrogens (tertiary/aromatic N) is 1. The summed E-state index contributed by atoms with van der Waals surface area (Å²) in [6.07, 6.45) is 2.01. The molecule has 2 rings (SSSR count). The molecule has 0 aliphatic carbocycles. The maximum absolute atomic E-state index is 12.9. The predicted octanol–water partition coefficient (Wildman–Crippen LogP) is 2.13. The van der Waals surface area contributed by atoms with E-state index in [9.17, 15) is 9.18 Å². The molecule has 1 atom stereocenters. The van der Waals surface area contributed by atoms with Gasteiger partial charge in [-0.15, -0.1) is 24.0 Å². The van der Waals surface area contributed by atoms with Gasteiger partial charge in [-0.05, 0) is 44.0 Å². The van der Waals surface area contributed by atoms with E-state index in [1.807, 2.05) is 6.92 Å². The molecule has 0 bridgehead atoms. The van der Waals surface area contributed by atoms with Gasteiger partial charge in [-0.3, -0.25) is 4.79 Å². The van der Waals surface area contributed by atoms with Gasteiger partial charge in [0, 0.05) is 32.0 Å². The lowest BCUT2D eigenvalue weighted by Crippen LogP contribution is -2.38. The minimum absolute atomic E-state index is 0. The van der Waals surface area contributed by atoms with E-state index in [0.29, 0.717) is 38.0 Å². The number of anilines is 1. The summed E-state index contributed by atoms with van der Waals surface area (Å²) in [7, 11) is 0. The highest BCUT2D eigenvalue weighted by Gasteiger charge is 2.15. The normalized spacial score (nSPS) is 16.5. The Labute approximate surface area is 176 Å². The molecule has 1 amide bonds. The molecule has 1 aromatic carbocycles. The molecule has 7 nitrogen and oxygen atoms in total. The van der Waals surface area contributed by atoms with Gasteiger partial charge in [-0.1, -0.05) is 0 Å². The van der Waals surface area contributed by atoms with Crippen molar-refractivity contribution in [1.82, 2.24) is 10.6 Å². The van der Waals surface area contributed by atoms with Crippen molar-refractivity contribution in [2.24, 2.45) is 4.99 Å². The molecule has 1 unspecified atom stereocenters. The van der Waals surface area contributed by atoms with Crippen LogP contribution in [0.4, 0.5) is 10.1 Å². The number of carbonyl (C=O) groups is 1. The van der Waals surface area contributed by atoms with Crippen LogP contribution >= 0.6 is 24.0 Å². The standard InChI is InChI=1S/C18H27FN4O3.HI/c1-2-20-18(21-9-3-10-26-16-8-11-25-13-16)22-12-17(24)23-15-6-4-14(19)5-7-15;/h4-7,16H,2-3,8-13H2,1H3,(H,23,24)(H2,20,21,22);1H. The van der Waals surface area contributed by atoms with Crippen LogP contribution in [-0.2, 0) is 14.3 Å². The van der Waals surface area contributed by atoms with Crippen LogP contribution in [-0.4, -0.2) is 57.4 Å². The molecule has 0 saturated carbocycles. The van der Waals surface area contributed by atoms with Gasteiger partial charge in [0.1, 0.15) is 12.4 Å². The number of halogens is 2. The summed E-state index contributed by atoms with van der Waals surface area (Å²) in [4.78, 5) is 16.2. The van der Waals surface area contributed by atoms with E-state index >= 15 is 0 Å². The van der Waals surface area contributed by atoms with E-state index in [1.165, 1.54) is 24.3 Å². The largest absolute Gasteiger partial charge is 0.379 e. The van der Waals surface area contributed by atoms with Crippen molar-refractivity contribution >= 4 is 41.5 Å². The van der Waals surface area contributed by atoms with Crippen LogP contribution in [0.3, 0.4) is 0 Å². The van der Waals surface area contributed by atoms with Crippen LogP contribution in [0.1, 0.15) is 19.8 Å². The molecule has 1 saturated heterocycles. The van der Waals surface area contributed by atoms with Crippen LogP contribution in [0, 0.1) is 5.82 Å². The Hall–Kier alpha value is -1.46. The fourth-order valence-electron chi connectivity index (χ4n) is 2.40. The highest BCUT2D eigenvalue weighted by molar-refractivity contribution is 14.0. The highest BCUT2D eigenvalue weighted by atomic mass is 127. The maximum atomic E-state index is 12.9. The summed E-state index contributed by atoms with van der Waals surface area (Å²) < 4.78 is 23.8. The Morgan fingerprint density at radius 1 is 1.33 bits per heavy atom. The first-order valence-electron chi connectivity index (χ1n) is 8.94. The van der Waals surface area contributed by atoms with Gasteiger partial charge in [0.05, 0.1) is 12.7 Å². The van der Waals surface area contributed by atoms with Gasteiger partial charge in [0.25, 0.3) is 0 Å². The van der Waals surface area contributed by atoms with E-state index in [1.54, 1.807) is 0 Å². The monoisotopic (exact) mass is 494 g/mol. The van der Waals surface area contributed by atoms with Gasteiger partial charge in [0.15, 0.2) is 5.96 Å². The summed E-state index contributed by atoms with van der Waals surface area (Å²) in [5, 5.41) is 8.93. The minimum Gasteiger partial charge on any atom is -0.379 e. The van der Waals surface area contributed by atoms with Crippen molar-refractivity contribution in [3.63, 3.8) is 0 Å². The lowest BCUT2D eigenvalue weighted by atomic mass is 10.3. The summed E-state index contributed by atoms with van der Waals surface area (Å²) >= 11 is 0. The van der Waals surface area contributed by atoms with Crippen LogP contribution in [0.25, 0.3) is 0 Å². The van der Waals surface area contributed by atoms with Gasteiger partial charge in [0.2, 0.25) is 5.91 Å². The van der Waals surface area contributed by atoms with Crippen LogP contribution in [0.15, 0.2) is 29.3 Å². The van der Waals surface area contributed by atoms with Crippen LogP contribution in [0.5, 0.6) is 0 Å². The molecule has 9 heteroatoms. The van der Waals surface area contributed by atoms with E-state index in [4.69, 9.17) is 9.47 Å². The fourth-order valence-corrected chi connectivity index (χ4v) is 2.40. The quantitative estimate of drug-likeness (QED) is 0.212. The zero-order valence-corrected chi connectivity index (χ0v) is 17.8. The second kappa shape index (κ2) is 13.7. The average Bonchev–Trinajstić information content (AvgIpc) is 3.15. The van der Waals surface area contributed by atoms with Crippen molar-refractivity contribution in [3.8, 4) is 0 Å². The summed E-state index contributed by atoms with van der Waals surface area (Å²) in [5.41, 5.74) is 0.539. The number of ether oxygens (including phenoxy) is 2. The molecule has 27 heavy (non-hydrogen) atoms. The number of hydrogen-bond acceptors (Lipinski definition) is 4. The Morgan fingerprint density at radius 2 is 2.11 bits per heavy atom. The van der Waals surface area contributed by atoms with E-state index in [2.05, 4.69) is 20.9 Å². The molecule has 1 aliphatic rings. The fraction of sp³-hybridized carbons (Fsp3) is 0.556. The van der Waals surface area contributed by atoms with Gasteiger partial charge in [-0.25, -0.2) is 9.38 Å². The first-order valence-corrected chi connectivity index (χ1v) is 8.94.